The lowest BCUT2D eigenvalue weighted by molar-refractivity contribution is 0.284. The van der Waals surface area contributed by atoms with E-state index in [2.05, 4.69) is 36.4 Å². The summed E-state index contributed by atoms with van der Waals surface area (Å²) >= 11 is 0. The number of fused-ring (bicyclic) bond motifs is 1. The molecule has 0 spiro atoms. The lowest BCUT2D eigenvalue weighted by Gasteiger charge is -2.04. The minimum absolute atomic E-state index is 0.174. The molecule has 0 N–H and O–H groups in total. The van der Waals surface area contributed by atoms with Gasteiger partial charge in [-0.2, -0.15) is 0 Å². The van der Waals surface area contributed by atoms with E-state index in [4.69, 9.17) is 4.74 Å². The Morgan fingerprint density at radius 2 is 1.71 bits per heavy atom. The lowest BCUT2D eigenvalue weighted by atomic mass is 10.1. The predicted molar refractivity (Wildman–Crippen MR) is 70.0 cm³/mol. The smallest absolute Gasteiger partial charge is 0.123 e. The number of rotatable bonds is 2. The zero-order valence-corrected chi connectivity index (χ0v) is 9.54. The Morgan fingerprint density at radius 1 is 0.941 bits per heavy atom. The molecule has 0 radical (unpaired) electrons. The van der Waals surface area contributed by atoms with Gasteiger partial charge in [0.15, 0.2) is 0 Å². The molecule has 0 saturated carbocycles. The van der Waals surface area contributed by atoms with Crippen LogP contribution in [0.1, 0.15) is 11.1 Å². The Morgan fingerprint density at radius 3 is 2.53 bits per heavy atom. The fraction of sp³-hybridized carbons (Fsp3) is 0.125. The van der Waals surface area contributed by atoms with Crippen LogP contribution in [0.15, 0.2) is 60.7 Å². The molecule has 84 valence electrons. The van der Waals surface area contributed by atoms with Gasteiger partial charge in [0, 0.05) is 6.42 Å². The SMILES string of the molecule is C(=C\C1Cc2ccccc2O1)/c1ccccc1. The third-order valence-corrected chi connectivity index (χ3v) is 2.97. The molecule has 1 nitrogen and oxygen atoms in total. The van der Waals surface area contributed by atoms with Crippen molar-refractivity contribution in [3.05, 3.63) is 71.8 Å². The van der Waals surface area contributed by atoms with E-state index in [-0.39, 0.29) is 6.10 Å². The van der Waals surface area contributed by atoms with E-state index in [1.807, 2.05) is 30.3 Å². The first-order chi connectivity index (χ1) is 8.42. The van der Waals surface area contributed by atoms with Gasteiger partial charge in [-0.3, -0.25) is 0 Å². The predicted octanol–water partition coefficient (Wildman–Crippen LogP) is 3.70. The average Bonchev–Trinajstić information content (AvgIpc) is 2.80. The number of hydrogen-bond donors (Lipinski definition) is 0. The standard InChI is InChI=1S/C16H14O/c1-2-6-13(7-3-1)10-11-15-12-14-8-4-5-9-16(14)17-15/h1-11,15H,12H2/b11-10+. The van der Waals surface area contributed by atoms with Gasteiger partial charge in [0.1, 0.15) is 11.9 Å². The van der Waals surface area contributed by atoms with Crippen molar-refractivity contribution in [2.45, 2.75) is 12.5 Å². The summed E-state index contributed by atoms with van der Waals surface area (Å²) in [6, 6.07) is 18.6. The molecule has 1 aliphatic rings. The van der Waals surface area contributed by atoms with Crippen molar-refractivity contribution in [3.8, 4) is 5.75 Å². The van der Waals surface area contributed by atoms with Gasteiger partial charge in [-0.15, -0.1) is 0 Å². The maximum Gasteiger partial charge on any atom is 0.123 e. The Balaban J connectivity index is 1.72. The maximum atomic E-state index is 5.84. The average molecular weight is 222 g/mol. The molecule has 0 bridgehead atoms. The van der Waals surface area contributed by atoms with Crippen LogP contribution in [-0.4, -0.2) is 6.10 Å². The minimum Gasteiger partial charge on any atom is -0.486 e. The monoisotopic (exact) mass is 222 g/mol. The van der Waals surface area contributed by atoms with E-state index in [0.717, 1.165) is 12.2 Å². The van der Waals surface area contributed by atoms with Gasteiger partial charge >= 0.3 is 0 Å². The van der Waals surface area contributed by atoms with Crippen LogP contribution < -0.4 is 4.74 Å². The van der Waals surface area contributed by atoms with Crippen molar-refractivity contribution < 1.29 is 4.74 Å². The fourth-order valence-corrected chi connectivity index (χ4v) is 2.10. The van der Waals surface area contributed by atoms with Crippen LogP contribution in [0.3, 0.4) is 0 Å². The number of benzene rings is 2. The van der Waals surface area contributed by atoms with Crippen LogP contribution in [-0.2, 0) is 6.42 Å². The van der Waals surface area contributed by atoms with Crippen molar-refractivity contribution in [3.63, 3.8) is 0 Å². The normalized spacial score (nSPS) is 18.0. The van der Waals surface area contributed by atoms with Crippen LogP contribution >= 0.6 is 0 Å². The third kappa shape index (κ3) is 2.23. The molecular weight excluding hydrogens is 208 g/mol. The summed E-state index contributed by atoms with van der Waals surface area (Å²) in [6.45, 7) is 0. The van der Waals surface area contributed by atoms with Crippen LogP contribution in [0.5, 0.6) is 5.75 Å². The number of para-hydroxylation sites is 1. The molecule has 1 atom stereocenters. The summed E-state index contributed by atoms with van der Waals surface area (Å²) in [6.07, 6.45) is 5.40. The molecule has 1 heteroatoms. The molecule has 2 aromatic rings. The molecule has 2 aromatic carbocycles. The van der Waals surface area contributed by atoms with Crippen molar-refractivity contribution in [2.75, 3.05) is 0 Å². The van der Waals surface area contributed by atoms with Gasteiger partial charge in [0.05, 0.1) is 0 Å². The van der Waals surface area contributed by atoms with Crippen LogP contribution in [0.4, 0.5) is 0 Å². The van der Waals surface area contributed by atoms with Gasteiger partial charge in [-0.1, -0.05) is 54.6 Å². The van der Waals surface area contributed by atoms with Crippen molar-refractivity contribution in [1.29, 1.82) is 0 Å². The highest BCUT2D eigenvalue weighted by Crippen LogP contribution is 2.28. The highest BCUT2D eigenvalue weighted by atomic mass is 16.5. The van der Waals surface area contributed by atoms with Gasteiger partial charge in [-0.25, -0.2) is 0 Å². The summed E-state index contributed by atoms with van der Waals surface area (Å²) in [4.78, 5) is 0. The first-order valence-corrected chi connectivity index (χ1v) is 5.90. The molecule has 1 heterocycles. The maximum absolute atomic E-state index is 5.84. The van der Waals surface area contributed by atoms with E-state index in [1.54, 1.807) is 0 Å². The molecule has 0 fully saturated rings. The summed E-state index contributed by atoms with van der Waals surface area (Å²) in [7, 11) is 0. The fourth-order valence-electron chi connectivity index (χ4n) is 2.10. The van der Waals surface area contributed by atoms with E-state index < -0.39 is 0 Å². The van der Waals surface area contributed by atoms with Crippen LogP contribution in [0, 0.1) is 0 Å². The highest BCUT2D eigenvalue weighted by Gasteiger charge is 2.19. The highest BCUT2D eigenvalue weighted by molar-refractivity contribution is 5.50. The Kier molecular flexibility index (Phi) is 2.66. The number of hydrogen-bond acceptors (Lipinski definition) is 1. The number of ether oxygens (including phenoxy) is 1. The molecule has 0 amide bonds. The van der Waals surface area contributed by atoms with E-state index in [1.165, 1.54) is 11.1 Å². The first-order valence-electron chi connectivity index (χ1n) is 5.90. The van der Waals surface area contributed by atoms with Gasteiger partial charge in [0.2, 0.25) is 0 Å². The second kappa shape index (κ2) is 4.46. The molecular formula is C16H14O. The summed E-state index contributed by atoms with van der Waals surface area (Å²) < 4.78 is 5.84. The molecule has 1 aliphatic heterocycles. The molecule has 3 rings (SSSR count). The Hall–Kier alpha value is -2.02. The van der Waals surface area contributed by atoms with Crippen LogP contribution in [0.25, 0.3) is 6.08 Å². The molecule has 0 aliphatic carbocycles. The Labute approximate surface area is 101 Å². The Bertz CT molecular complexity index is 503. The zero-order valence-electron chi connectivity index (χ0n) is 9.54. The van der Waals surface area contributed by atoms with Crippen molar-refractivity contribution in [1.82, 2.24) is 0 Å². The second-order valence-electron chi connectivity index (χ2n) is 4.24. The molecule has 1 unspecified atom stereocenters. The van der Waals surface area contributed by atoms with E-state index in [0.29, 0.717) is 0 Å². The minimum atomic E-state index is 0.174. The molecule has 0 saturated heterocycles. The van der Waals surface area contributed by atoms with Crippen molar-refractivity contribution in [2.24, 2.45) is 0 Å². The van der Waals surface area contributed by atoms with E-state index in [9.17, 15) is 0 Å². The summed E-state index contributed by atoms with van der Waals surface area (Å²) in [5, 5.41) is 0. The van der Waals surface area contributed by atoms with E-state index >= 15 is 0 Å². The zero-order chi connectivity index (χ0) is 11.5. The first kappa shape index (κ1) is 10.2. The summed E-state index contributed by atoms with van der Waals surface area (Å²) in [5.74, 6) is 1.02. The topological polar surface area (TPSA) is 9.23 Å². The summed E-state index contributed by atoms with van der Waals surface area (Å²) in [5.41, 5.74) is 2.52. The van der Waals surface area contributed by atoms with Gasteiger partial charge in [0.25, 0.3) is 0 Å². The van der Waals surface area contributed by atoms with Crippen molar-refractivity contribution >= 4 is 6.08 Å². The van der Waals surface area contributed by atoms with Gasteiger partial charge in [-0.05, 0) is 23.3 Å². The quantitative estimate of drug-likeness (QED) is 0.752. The second-order valence-corrected chi connectivity index (χ2v) is 4.24. The third-order valence-electron chi connectivity index (χ3n) is 2.97. The molecule has 17 heavy (non-hydrogen) atoms. The van der Waals surface area contributed by atoms with Gasteiger partial charge < -0.3 is 4.74 Å². The molecule has 0 aromatic heterocycles. The largest absolute Gasteiger partial charge is 0.486 e. The lowest BCUT2D eigenvalue weighted by Crippen LogP contribution is -2.08. The van der Waals surface area contributed by atoms with Crippen LogP contribution in [0.2, 0.25) is 0 Å².